The minimum absolute atomic E-state index is 0.165. The van der Waals surface area contributed by atoms with Crippen LogP contribution in [0, 0.1) is 6.92 Å². The van der Waals surface area contributed by atoms with Crippen LogP contribution in [0.2, 0.25) is 10.0 Å². The number of halogens is 2. The number of nitrogens with one attached hydrogen (secondary N) is 2. The van der Waals surface area contributed by atoms with E-state index in [2.05, 4.69) is 10.6 Å². The summed E-state index contributed by atoms with van der Waals surface area (Å²) in [5.74, 6) is -0.339. The van der Waals surface area contributed by atoms with Gasteiger partial charge in [0.25, 0.3) is 0 Å². The Morgan fingerprint density at radius 3 is 2.39 bits per heavy atom. The van der Waals surface area contributed by atoms with Gasteiger partial charge in [-0.15, -0.1) is 0 Å². The number of hydrogen-bond donors (Lipinski definition) is 2. The molecule has 0 fully saturated rings. The van der Waals surface area contributed by atoms with E-state index >= 15 is 0 Å². The Hall–Kier alpha value is -2.04. The molecule has 0 aliphatic heterocycles. The third-order valence-corrected chi connectivity index (χ3v) is 3.92. The molecular weight excluding hydrogens is 335 g/mol. The molecule has 0 heterocycles. The van der Waals surface area contributed by atoms with Crippen molar-refractivity contribution >= 4 is 46.4 Å². The zero-order valence-corrected chi connectivity index (χ0v) is 14.3. The van der Waals surface area contributed by atoms with Gasteiger partial charge in [0.1, 0.15) is 0 Å². The maximum Gasteiger partial charge on any atom is 0.228 e. The monoisotopic (exact) mass is 350 g/mol. The molecule has 0 spiro atoms. The molecule has 0 aromatic heterocycles. The first-order valence-electron chi connectivity index (χ1n) is 6.97. The van der Waals surface area contributed by atoms with Crippen molar-refractivity contribution in [2.24, 2.45) is 0 Å². The van der Waals surface area contributed by atoms with Crippen LogP contribution < -0.4 is 10.6 Å². The molecule has 0 aliphatic rings. The van der Waals surface area contributed by atoms with E-state index in [0.717, 1.165) is 11.1 Å². The summed E-state index contributed by atoms with van der Waals surface area (Å²) >= 11 is 11.8. The van der Waals surface area contributed by atoms with Crippen LogP contribution in [-0.2, 0) is 16.0 Å². The van der Waals surface area contributed by atoms with Crippen LogP contribution in [0.4, 0.5) is 11.4 Å². The third-order valence-electron chi connectivity index (χ3n) is 3.18. The number of anilines is 2. The first-order chi connectivity index (χ1) is 10.8. The van der Waals surface area contributed by atoms with Crippen LogP contribution in [0.3, 0.4) is 0 Å². The lowest BCUT2D eigenvalue weighted by molar-refractivity contribution is -0.116. The largest absolute Gasteiger partial charge is 0.326 e. The molecule has 0 saturated heterocycles. The molecule has 0 unspecified atom stereocenters. The molecule has 0 aliphatic carbocycles. The molecule has 2 amide bonds. The number of aryl methyl sites for hydroxylation is 1. The van der Waals surface area contributed by atoms with Crippen molar-refractivity contribution in [2.45, 2.75) is 20.3 Å². The van der Waals surface area contributed by atoms with Gasteiger partial charge in [-0.1, -0.05) is 35.3 Å². The lowest BCUT2D eigenvalue weighted by Gasteiger charge is -2.11. The standard InChI is InChI=1S/C17H16Cl2N2O2/c1-10-3-5-13(20-11(2)22)9-16(10)21-17(23)8-12-4-6-14(18)15(19)7-12/h3-7,9H,8H2,1-2H3,(H,20,22)(H,21,23). The van der Waals surface area contributed by atoms with E-state index in [1.807, 2.05) is 13.0 Å². The molecule has 0 bridgehead atoms. The first kappa shape index (κ1) is 17.3. The number of carbonyl (C=O) groups excluding carboxylic acids is 2. The van der Waals surface area contributed by atoms with Crippen LogP contribution in [0.5, 0.6) is 0 Å². The highest BCUT2D eigenvalue weighted by Crippen LogP contribution is 2.24. The summed E-state index contributed by atoms with van der Waals surface area (Å²) < 4.78 is 0. The molecule has 2 aromatic rings. The quantitative estimate of drug-likeness (QED) is 0.856. The number of amides is 2. The maximum absolute atomic E-state index is 12.2. The van der Waals surface area contributed by atoms with Gasteiger partial charge in [0.2, 0.25) is 11.8 Å². The van der Waals surface area contributed by atoms with E-state index in [1.54, 1.807) is 30.3 Å². The average Bonchev–Trinajstić information content (AvgIpc) is 2.46. The molecule has 6 heteroatoms. The Balaban J connectivity index is 2.10. The zero-order valence-electron chi connectivity index (χ0n) is 12.7. The molecule has 120 valence electrons. The summed E-state index contributed by atoms with van der Waals surface area (Å²) in [5, 5.41) is 6.40. The predicted molar refractivity (Wildman–Crippen MR) is 94.3 cm³/mol. The topological polar surface area (TPSA) is 58.2 Å². The summed E-state index contributed by atoms with van der Waals surface area (Å²) in [4.78, 5) is 23.3. The highest BCUT2D eigenvalue weighted by atomic mass is 35.5. The van der Waals surface area contributed by atoms with Gasteiger partial charge >= 0.3 is 0 Å². The van der Waals surface area contributed by atoms with Gasteiger partial charge in [-0.2, -0.15) is 0 Å². The van der Waals surface area contributed by atoms with Gasteiger partial charge in [-0.25, -0.2) is 0 Å². The van der Waals surface area contributed by atoms with E-state index in [4.69, 9.17) is 23.2 Å². The Bertz CT molecular complexity index is 760. The highest BCUT2D eigenvalue weighted by molar-refractivity contribution is 6.42. The van der Waals surface area contributed by atoms with Crippen molar-refractivity contribution in [1.29, 1.82) is 0 Å². The van der Waals surface area contributed by atoms with Crippen molar-refractivity contribution in [2.75, 3.05) is 10.6 Å². The number of hydrogen-bond acceptors (Lipinski definition) is 2. The molecule has 2 N–H and O–H groups in total. The van der Waals surface area contributed by atoms with Crippen molar-refractivity contribution in [1.82, 2.24) is 0 Å². The maximum atomic E-state index is 12.2. The fraction of sp³-hybridized carbons (Fsp3) is 0.176. The summed E-state index contributed by atoms with van der Waals surface area (Å²) in [6.45, 7) is 3.31. The fourth-order valence-corrected chi connectivity index (χ4v) is 2.39. The number of rotatable bonds is 4. The second kappa shape index (κ2) is 7.49. The second-order valence-electron chi connectivity index (χ2n) is 5.18. The number of carbonyl (C=O) groups is 2. The van der Waals surface area contributed by atoms with Crippen LogP contribution >= 0.6 is 23.2 Å². The molecule has 4 nitrogen and oxygen atoms in total. The van der Waals surface area contributed by atoms with E-state index in [-0.39, 0.29) is 18.2 Å². The fourth-order valence-electron chi connectivity index (χ4n) is 2.07. The molecule has 2 aromatic carbocycles. The zero-order chi connectivity index (χ0) is 17.0. The van der Waals surface area contributed by atoms with Crippen molar-refractivity contribution in [3.8, 4) is 0 Å². The van der Waals surface area contributed by atoms with Gasteiger partial charge in [0.05, 0.1) is 16.5 Å². The highest BCUT2D eigenvalue weighted by Gasteiger charge is 2.09. The van der Waals surface area contributed by atoms with E-state index in [1.165, 1.54) is 6.92 Å². The Morgan fingerprint density at radius 1 is 1.00 bits per heavy atom. The molecule has 2 rings (SSSR count). The van der Waals surface area contributed by atoms with Crippen LogP contribution in [0.15, 0.2) is 36.4 Å². The smallest absolute Gasteiger partial charge is 0.228 e. The Kier molecular flexibility index (Phi) is 5.64. The molecule has 23 heavy (non-hydrogen) atoms. The van der Waals surface area contributed by atoms with Gasteiger partial charge < -0.3 is 10.6 Å². The van der Waals surface area contributed by atoms with Gasteiger partial charge in [-0.3, -0.25) is 9.59 Å². The minimum atomic E-state index is -0.175. The summed E-state index contributed by atoms with van der Waals surface area (Å²) in [6, 6.07) is 10.4. The predicted octanol–water partition coefficient (Wildman–Crippen LogP) is 4.44. The van der Waals surface area contributed by atoms with Crippen molar-refractivity contribution < 1.29 is 9.59 Å². The van der Waals surface area contributed by atoms with E-state index in [0.29, 0.717) is 21.4 Å². The molecule has 0 atom stereocenters. The van der Waals surface area contributed by atoms with E-state index < -0.39 is 0 Å². The van der Waals surface area contributed by atoms with Crippen LogP contribution in [0.25, 0.3) is 0 Å². The average molecular weight is 351 g/mol. The third kappa shape index (κ3) is 4.98. The summed E-state index contributed by atoms with van der Waals surface area (Å²) in [6.07, 6.45) is 0.181. The Morgan fingerprint density at radius 2 is 1.74 bits per heavy atom. The van der Waals surface area contributed by atoms with Gasteiger partial charge in [0.15, 0.2) is 0 Å². The first-order valence-corrected chi connectivity index (χ1v) is 7.73. The van der Waals surface area contributed by atoms with Crippen LogP contribution in [0.1, 0.15) is 18.1 Å². The molecule has 0 radical (unpaired) electrons. The number of benzene rings is 2. The summed E-state index contributed by atoms with van der Waals surface area (Å²) in [7, 11) is 0. The second-order valence-corrected chi connectivity index (χ2v) is 6.00. The summed E-state index contributed by atoms with van der Waals surface area (Å²) in [5.41, 5.74) is 2.96. The lowest BCUT2D eigenvalue weighted by atomic mass is 10.1. The van der Waals surface area contributed by atoms with Crippen LogP contribution in [-0.4, -0.2) is 11.8 Å². The Labute approximate surface area is 144 Å². The lowest BCUT2D eigenvalue weighted by Crippen LogP contribution is -2.15. The van der Waals surface area contributed by atoms with Gasteiger partial charge in [0, 0.05) is 18.3 Å². The van der Waals surface area contributed by atoms with Crippen molar-refractivity contribution in [3.05, 3.63) is 57.6 Å². The van der Waals surface area contributed by atoms with Gasteiger partial charge in [-0.05, 0) is 42.3 Å². The molecular formula is C17H16Cl2N2O2. The minimum Gasteiger partial charge on any atom is -0.326 e. The SMILES string of the molecule is CC(=O)Nc1ccc(C)c(NC(=O)Cc2ccc(Cl)c(Cl)c2)c1. The molecule has 0 saturated carbocycles. The van der Waals surface area contributed by atoms with E-state index in [9.17, 15) is 9.59 Å². The van der Waals surface area contributed by atoms with Crippen molar-refractivity contribution in [3.63, 3.8) is 0 Å². The normalized spacial score (nSPS) is 10.3.